The average molecular weight is 287 g/mol. The number of rotatable bonds is 4. The van der Waals surface area contributed by atoms with Crippen molar-refractivity contribution in [3.8, 4) is 6.01 Å². The number of fused-ring (bicyclic) bond motifs is 1. The second-order valence-electron chi connectivity index (χ2n) is 4.02. The van der Waals surface area contributed by atoms with Crippen LogP contribution < -0.4 is 15.4 Å². The fourth-order valence-corrected chi connectivity index (χ4v) is 2.56. The number of thiophene rings is 1. The minimum atomic E-state index is 0.267. The summed E-state index contributed by atoms with van der Waals surface area (Å²) in [6.07, 6.45) is 0. The van der Waals surface area contributed by atoms with Gasteiger partial charge in [-0.2, -0.15) is 15.0 Å². The molecule has 102 valence electrons. The molecular weight excluding hydrogens is 274 g/mol. The van der Waals surface area contributed by atoms with E-state index in [0.29, 0.717) is 11.9 Å². The summed E-state index contributed by atoms with van der Waals surface area (Å²) >= 11 is 1.72. The van der Waals surface area contributed by atoms with Gasteiger partial charge in [-0.05, 0) is 35.0 Å². The Morgan fingerprint density at radius 3 is 2.75 bits per heavy atom. The molecule has 0 aliphatic carbocycles. The number of nitrogens with one attached hydrogen (secondary N) is 2. The molecule has 3 rings (SSSR count). The van der Waals surface area contributed by atoms with Crippen molar-refractivity contribution in [2.75, 3.05) is 24.8 Å². The molecule has 6 nitrogen and oxygen atoms in total. The maximum Gasteiger partial charge on any atom is 0.322 e. The minimum absolute atomic E-state index is 0.267. The second-order valence-corrected chi connectivity index (χ2v) is 4.97. The van der Waals surface area contributed by atoms with E-state index in [1.54, 1.807) is 18.4 Å². The molecule has 3 aromatic rings. The molecule has 0 saturated carbocycles. The van der Waals surface area contributed by atoms with Gasteiger partial charge in [0, 0.05) is 17.4 Å². The molecule has 0 spiro atoms. The molecule has 2 N–H and O–H groups in total. The van der Waals surface area contributed by atoms with Crippen LogP contribution in [-0.4, -0.2) is 29.1 Å². The summed E-state index contributed by atoms with van der Waals surface area (Å²) in [4.78, 5) is 12.5. The summed E-state index contributed by atoms with van der Waals surface area (Å²) in [5.41, 5.74) is 0.922. The first-order chi connectivity index (χ1) is 9.78. The van der Waals surface area contributed by atoms with Crippen LogP contribution in [0.2, 0.25) is 0 Å². The van der Waals surface area contributed by atoms with Gasteiger partial charge in [0.25, 0.3) is 0 Å². The van der Waals surface area contributed by atoms with Gasteiger partial charge in [0.2, 0.25) is 11.9 Å². The van der Waals surface area contributed by atoms with Gasteiger partial charge in [0.05, 0.1) is 7.11 Å². The first-order valence-corrected chi connectivity index (χ1v) is 6.88. The number of nitrogens with zero attached hydrogens (tertiary/aromatic N) is 3. The largest absolute Gasteiger partial charge is 0.467 e. The van der Waals surface area contributed by atoms with Crippen molar-refractivity contribution in [1.29, 1.82) is 0 Å². The van der Waals surface area contributed by atoms with Crippen molar-refractivity contribution >= 4 is 39.0 Å². The summed E-state index contributed by atoms with van der Waals surface area (Å²) in [6, 6.07) is 8.47. The fourth-order valence-electron chi connectivity index (χ4n) is 1.79. The van der Waals surface area contributed by atoms with Crippen molar-refractivity contribution < 1.29 is 4.74 Å². The zero-order chi connectivity index (χ0) is 13.9. The van der Waals surface area contributed by atoms with Crippen LogP contribution in [-0.2, 0) is 0 Å². The van der Waals surface area contributed by atoms with E-state index in [9.17, 15) is 0 Å². The molecule has 2 aromatic heterocycles. The quantitative estimate of drug-likeness (QED) is 0.768. The molecule has 7 heteroatoms. The standard InChI is InChI=1S/C13H13N5OS/c1-14-11-16-12(18-13(17-11)19-2)15-9-3-4-10-8(7-9)5-6-20-10/h3-7H,1-2H3,(H2,14,15,16,17,18). The monoisotopic (exact) mass is 287 g/mol. The number of methoxy groups -OCH3 is 1. The Kier molecular flexibility index (Phi) is 3.34. The first-order valence-electron chi connectivity index (χ1n) is 6.00. The summed E-state index contributed by atoms with van der Waals surface area (Å²) in [5.74, 6) is 0.895. The molecule has 0 bridgehead atoms. The lowest BCUT2D eigenvalue weighted by Gasteiger charge is -2.07. The Bertz CT molecular complexity index is 720. The molecule has 2 heterocycles. The summed E-state index contributed by atoms with van der Waals surface area (Å²) in [5, 5.41) is 9.29. The van der Waals surface area contributed by atoms with Gasteiger partial charge in [-0.25, -0.2) is 0 Å². The third-order valence-corrected chi connectivity index (χ3v) is 3.63. The van der Waals surface area contributed by atoms with Crippen LogP contribution in [0.4, 0.5) is 17.6 Å². The highest BCUT2D eigenvalue weighted by atomic mass is 32.1. The van der Waals surface area contributed by atoms with Crippen molar-refractivity contribution in [3.05, 3.63) is 29.6 Å². The maximum atomic E-state index is 5.05. The number of benzene rings is 1. The number of anilines is 3. The number of aromatic nitrogens is 3. The predicted octanol–water partition coefficient (Wildman–Crippen LogP) is 2.88. The topological polar surface area (TPSA) is 72.0 Å². The molecule has 0 amide bonds. The summed E-state index contributed by atoms with van der Waals surface area (Å²) in [7, 11) is 3.27. The van der Waals surface area contributed by atoms with Gasteiger partial charge in [0.15, 0.2) is 0 Å². The second kappa shape index (κ2) is 5.30. The third-order valence-electron chi connectivity index (χ3n) is 2.73. The first kappa shape index (κ1) is 12.6. The highest BCUT2D eigenvalue weighted by Gasteiger charge is 2.06. The number of hydrogen-bond donors (Lipinski definition) is 2. The zero-order valence-corrected chi connectivity index (χ0v) is 11.9. The van der Waals surface area contributed by atoms with Gasteiger partial charge < -0.3 is 15.4 Å². The van der Waals surface area contributed by atoms with Crippen LogP contribution in [0.3, 0.4) is 0 Å². The van der Waals surface area contributed by atoms with Crippen LogP contribution in [0.25, 0.3) is 10.1 Å². The molecule has 20 heavy (non-hydrogen) atoms. The van der Waals surface area contributed by atoms with Gasteiger partial charge in [0.1, 0.15) is 0 Å². The smallest absolute Gasteiger partial charge is 0.322 e. The van der Waals surface area contributed by atoms with E-state index in [0.717, 1.165) is 5.69 Å². The fraction of sp³-hybridized carbons (Fsp3) is 0.154. The normalized spacial score (nSPS) is 10.5. The van der Waals surface area contributed by atoms with E-state index in [4.69, 9.17) is 4.74 Å². The highest BCUT2D eigenvalue weighted by molar-refractivity contribution is 7.17. The van der Waals surface area contributed by atoms with Crippen molar-refractivity contribution in [2.24, 2.45) is 0 Å². The maximum absolute atomic E-state index is 5.05. The summed E-state index contributed by atoms with van der Waals surface area (Å²) in [6.45, 7) is 0. The van der Waals surface area contributed by atoms with Crippen LogP contribution in [0, 0.1) is 0 Å². The van der Waals surface area contributed by atoms with Crippen LogP contribution in [0.5, 0.6) is 6.01 Å². The Morgan fingerprint density at radius 2 is 1.95 bits per heavy atom. The van der Waals surface area contributed by atoms with Crippen molar-refractivity contribution in [3.63, 3.8) is 0 Å². The van der Waals surface area contributed by atoms with E-state index in [1.165, 1.54) is 17.2 Å². The molecule has 0 unspecified atom stereocenters. The average Bonchev–Trinajstić information content (AvgIpc) is 2.94. The Labute approximate surface area is 119 Å². The molecule has 0 fully saturated rings. The van der Waals surface area contributed by atoms with E-state index < -0.39 is 0 Å². The van der Waals surface area contributed by atoms with Crippen LogP contribution in [0.1, 0.15) is 0 Å². The van der Waals surface area contributed by atoms with E-state index >= 15 is 0 Å². The van der Waals surface area contributed by atoms with Gasteiger partial charge in [-0.15, -0.1) is 11.3 Å². The molecule has 0 aliphatic rings. The SMILES string of the molecule is CNc1nc(Nc2ccc3sccc3c2)nc(OC)n1. The van der Waals surface area contributed by atoms with Crippen molar-refractivity contribution in [2.45, 2.75) is 0 Å². The molecule has 0 atom stereocenters. The molecule has 0 aliphatic heterocycles. The lowest BCUT2D eigenvalue weighted by Crippen LogP contribution is -2.05. The highest BCUT2D eigenvalue weighted by Crippen LogP contribution is 2.25. The summed E-state index contributed by atoms with van der Waals surface area (Å²) < 4.78 is 6.30. The van der Waals surface area contributed by atoms with Crippen LogP contribution in [0.15, 0.2) is 29.6 Å². The van der Waals surface area contributed by atoms with Crippen molar-refractivity contribution in [1.82, 2.24) is 15.0 Å². The Morgan fingerprint density at radius 1 is 1.10 bits per heavy atom. The van der Waals surface area contributed by atoms with Gasteiger partial charge in [-0.1, -0.05) is 0 Å². The van der Waals surface area contributed by atoms with Gasteiger partial charge >= 0.3 is 6.01 Å². The Hall–Kier alpha value is -2.41. The molecule has 1 aromatic carbocycles. The number of hydrogen-bond acceptors (Lipinski definition) is 7. The lowest BCUT2D eigenvalue weighted by molar-refractivity contribution is 0.379. The third kappa shape index (κ3) is 2.48. The van der Waals surface area contributed by atoms with E-state index in [1.807, 2.05) is 6.07 Å². The predicted molar refractivity (Wildman–Crippen MR) is 81.0 cm³/mol. The van der Waals surface area contributed by atoms with Gasteiger partial charge in [-0.3, -0.25) is 0 Å². The van der Waals surface area contributed by atoms with E-state index in [2.05, 4.69) is 49.2 Å². The number of ether oxygens (including phenoxy) is 1. The zero-order valence-electron chi connectivity index (χ0n) is 11.0. The minimum Gasteiger partial charge on any atom is -0.467 e. The Balaban J connectivity index is 1.92. The van der Waals surface area contributed by atoms with Crippen LogP contribution >= 0.6 is 11.3 Å². The van der Waals surface area contributed by atoms with E-state index in [-0.39, 0.29) is 6.01 Å². The molecular formula is C13H13N5OS. The molecule has 0 saturated heterocycles. The molecule has 0 radical (unpaired) electrons. The lowest BCUT2D eigenvalue weighted by atomic mass is 10.2.